The van der Waals surface area contributed by atoms with Gasteiger partial charge in [0.1, 0.15) is 11.5 Å². The summed E-state index contributed by atoms with van der Waals surface area (Å²) in [4.78, 5) is 24.1. The number of rotatable bonds is 7. The minimum absolute atomic E-state index is 0.0396. The molecule has 0 saturated carbocycles. The van der Waals surface area contributed by atoms with E-state index in [9.17, 15) is 9.59 Å². The molecule has 2 rings (SSSR count). The van der Waals surface area contributed by atoms with Crippen LogP contribution in [0.3, 0.4) is 0 Å². The van der Waals surface area contributed by atoms with E-state index in [4.69, 9.17) is 14.2 Å². The zero-order valence-electron chi connectivity index (χ0n) is 16.9. The van der Waals surface area contributed by atoms with Gasteiger partial charge in [0, 0.05) is 0 Å². The summed E-state index contributed by atoms with van der Waals surface area (Å²) in [6.07, 6.45) is -0.834. The number of hydrogen-bond acceptors (Lipinski definition) is 5. The normalized spacial score (nSPS) is 12.0. The number of amides is 1. The van der Waals surface area contributed by atoms with Gasteiger partial charge in [-0.3, -0.25) is 4.79 Å². The first-order valence-electron chi connectivity index (χ1n) is 9.07. The third-order valence-electron chi connectivity index (χ3n) is 4.09. The van der Waals surface area contributed by atoms with Crippen molar-refractivity contribution in [1.29, 1.82) is 0 Å². The van der Waals surface area contributed by atoms with Gasteiger partial charge in [-0.2, -0.15) is 0 Å². The van der Waals surface area contributed by atoms with Gasteiger partial charge in [-0.25, -0.2) is 4.79 Å². The number of ether oxygens (including phenoxy) is 3. The number of esters is 1. The van der Waals surface area contributed by atoms with E-state index < -0.39 is 24.6 Å². The number of carbonyl (C=O) groups excluding carboxylic acids is 2. The van der Waals surface area contributed by atoms with Crippen LogP contribution < -0.4 is 14.8 Å². The van der Waals surface area contributed by atoms with E-state index in [1.165, 1.54) is 12.7 Å². The van der Waals surface area contributed by atoms with Crippen LogP contribution >= 0.6 is 0 Å². The van der Waals surface area contributed by atoms with E-state index in [-0.39, 0.29) is 5.41 Å². The average Bonchev–Trinajstić information content (AvgIpc) is 2.66. The lowest BCUT2D eigenvalue weighted by molar-refractivity contribution is -0.153. The number of nitrogens with one attached hydrogen (secondary N) is 1. The highest BCUT2D eigenvalue weighted by Gasteiger charge is 2.19. The van der Waals surface area contributed by atoms with Crippen molar-refractivity contribution in [3.63, 3.8) is 0 Å². The summed E-state index contributed by atoms with van der Waals surface area (Å²) in [5.41, 5.74) is 1.72. The van der Waals surface area contributed by atoms with Gasteiger partial charge in [0.2, 0.25) is 0 Å². The second-order valence-corrected chi connectivity index (χ2v) is 7.39. The summed E-state index contributed by atoms with van der Waals surface area (Å²) in [6.45, 7) is 7.54. The van der Waals surface area contributed by atoms with Crippen molar-refractivity contribution in [2.45, 2.75) is 39.2 Å². The van der Waals surface area contributed by atoms with E-state index in [0.29, 0.717) is 17.2 Å². The highest BCUT2D eigenvalue weighted by Crippen LogP contribution is 2.25. The third-order valence-corrected chi connectivity index (χ3v) is 4.09. The Hall–Kier alpha value is -3.02. The molecule has 6 heteroatoms. The van der Waals surface area contributed by atoms with Crippen molar-refractivity contribution < 1.29 is 23.8 Å². The van der Waals surface area contributed by atoms with Gasteiger partial charge in [-0.15, -0.1) is 0 Å². The van der Waals surface area contributed by atoms with Crippen molar-refractivity contribution in [3.8, 4) is 11.5 Å². The van der Waals surface area contributed by atoms with Crippen LogP contribution in [0.15, 0.2) is 48.5 Å². The third kappa shape index (κ3) is 6.01. The van der Waals surface area contributed by atoms with Crippen LogP contribution in [-0.4, -0.2) is 31.7 Å². The highest BCUT2D eigenvalue weighted by atomic mass is 16.6. The Morgan fingerprint density at radius 3 is 2.29 bits per heavy atom. The second-order valence-electron chi connectivity index (χ2n) is 7.39. The van der Waals surface area contributed by atoms with Crippen LogP contribution in [0.2, 0.25) is 0 Å². The molecule has 1 N–H and O–H groups in total. The Morgan fingerprint density at radius 2 is 1.68 bits per heavy atom. The minimum atomic E-state index is -0.834. The van der Waals surface area contributed by atoms with Crippen LogP contribution in [0.4, 0.5) is 5.69 Å². The summed E-state index contributed by atoms with van der Waals surface area (Å²) in [7, 11) is 1.51. The first kappa shape index (κ1) is 21.3. The lowest BCUT2D eigenvalue weighted by Crippen LogP contribution is -2.29. The first-order valence-corrected chi connectivity index (χ1v) is 9.07. The molecule has 0 aliphatic heterocycles. The molecule has 0 aliphatic rings. The SMILES string of the molecule is COc1ccccc1NC(=O)COC(=O)[C@@H](C)Oc1ccc(C(C)(C)C)cc1. The Morgan fingerprint density at radius 1 is 1.04 bits per heavy atom. The molecule has 0 bridgehead atoms. The Labute approximate surface area is 165 Å². The predicted molar refractivity (Wildman–Crippen MR) is 108 cm³/mol. The zero-order chi connectivity index (χ0) is 20.7. The first-order chi connectivity index (χ1) is 13.2. The molecule has 0 fully saturated rings. The van der Waals surface area contributed by atoms with Crippen LogP contribution in [0.5, 0.6) is 11.5 Å². The van der Waals surface area contributed by atoms with Gasteiger partial charge in [0.15, 0.2) is 12.7 Å². The fourth-order valence-corrected chi connectivity index (χ4v) is 2.47. The molecule has 0 spiro atoms. The highest BCUT2D eigenvalue weighted by molar-refractivity contribution is 5.94. The molecular formula is C22H27NO5. The summed E-state index contributed by atoms with van der Waals surface area (Å²) < 4.78 is 15.8. The number of hydrogen-bond donors (Lipinski definition) is 1. The molecule has 6 nitrogen and oxygen atoms in total. The molecule has 2 aromatic carbocycles. The van der Waals surface area contributed by atoms with Gasteiger partial charge in [-0.05, 0) is 42.2 Å². The standard InChI is InChI=1S/C22H27NO5/c1-15(28-17-12-10-16(11-13-17)22(2,3)4)21(25)27-14-20(24)23-18-8-6-7-9-19(18)26-5/h6-13,15H,14H2,1-5H3,(H,23,24)/t15-/m1/s1. The van der Waals surface area contributed by atoms with Gasteiger partial charge < -0.3 is 19.5 Å². The topological polar surface area (TPSA) is 73.9 Å². The van der Waals surface area contributed by atoms with E-state index >= 15 is 0 Å². The van der Waals surface area contributed by atoms with E-state index in [1.807, 2.05) is 24.3 Å². The van der Waals surface area contributed by atoms with E-state index in [2.05, 4.69) is 26.1 Å². The van der Waals surface area contributed by atoms with Crippen molar-refractivity contribution >= 4 is 17.6 Å². The maximum Gasteiger partial charge on any atom is 0.347 e. The molecule has 1 atom stereocenters. The number of carbonyl (C=O) groups is 2. The molecular weight excluding hydrogens is 358 g/mol. The summed E-state index contributed by atoms with van der Waals surface area (Å²) in [6, 6.07) is 14.6. The number of para-hydroxylation sites is 2. The fourth-order valence-electron chi connectivity index (χ4n) is 2.47. The largest absolute Gasteiger partial charge is 0.495 e. The molecule has 0 heterocycles. The van der Waals surface area contributed by atoms with Gasteiger partial charge in [-0.1, -0.05) is 45.0 Å². The molecule has 28 heavy (non-hydrogen) atoms. The lowest BCUT2D eigenvalue weighted by Gasteiger charge is -2.20. The van der Waals surface area contributed by atoms with Crippen molar-refractivity contribution in [2.24, 2.45) is 0 Å². The Bertz CT molecular complexity index is 808. The fraction of sp³-hybridized carbons (Fsp3) is 0.364. The predicted octanol–water partition coefficient (Wildman–Crippen LogP) is 3.94. The molecule has 0 radical (unpaired) electrons. The van der Waals surface area contributed by atoms with Crippen LogP contribution in [-0.2, 0) is 19.7 Å². The molecule has 150 valence electrons. The Kier molecular flexibility index (Phi) is 7.04. The summed E-state index contributed by atoms with van der Waals surface area (Å²) in [5, 5.41) is 2.64. The van der Waals surface area contributed by atoms with E-state index in [0.717, 1.165) is 0 Å². The van der Waals surface area contributed by atoms with Crippen LogP contribution in [0, 0.1) is 0 Å². The molecule has 0 unspecified atom stereocenters. The number of anilines is 1. The minimum Gasteiger partial charge on any atom is -0.495 e. The summed E-state index contributed by atoms with van der Waals surface area (Å²) >= 11 is 0. The lowest BCUT2D eigenvalue weighted by atomic mass is 9.87. The van der Waals surface area contributed by atoms with Gasteiger partial charge >= 0.3 is 5.97 Å². The van der Waals surface area contributed by atoms with Gasteiger partial charge in [0.25, 0.3) is 5.91 Å². The van der Waals surface area contributed by atoms with Gasteiger partial charge in [0.05, 0.1) is 12.8 Å². The van der Waals surface area contributed by atoms with Crippen molar-refractivity contribution in [1.82, 2.24) is 0 Å². The molecule has 2 aromatic rings. The second kappa shape index (κ2) is 9.26. The number of methoxy groups -OCH3 is 1. The maximum atomic E-state index is 12.1. The van der Waals surface area contributed by atoms with E-state index in [1.54, 1.807) is 31.2 Å². The molecule has 1 amide bonds. The van der Waals surface area contributed by atoms with Crippen LogP contribution in [0.25, 0.3) is 0 Å². The molecule has 0 aliphatic carbocycles. The van der Waals surface area contributed by atoms with Crippen LogP contribution in [0.1, 0.15) is 33.3 Å². The zero-order valence-corrected chi connectivity index (χ0v) is 16.9. The number of benzene rings is 2. The monoisotopic (exact) mass is 385 g/mol. The smallest absolute Gasteiger partial charge is 0.347 e. The maximum absolute atomic E-state index is 12.1. The quantitative estimate of drug-likeness (QED) is 0.731. The van der Waals surface area contributed by atoms with Crippen molar-refractivity contribution in [2.75, 3.05) is 19.0 Å². The molecule has 0 aromatic heterocycles. The summed E-state index contributed by atoms with van der Waals surface area (Å²) in [5.74, 6) is 0.0168. The van der Waals surface area contributed by atoms with Crippen molar-refractivity contribution in [3.05, 3.63) is 54.1 Å². The Balaban J connectivity index is 1.84. The molecule has 0 saturated heterocycles. The average molecular weight is 385 g/mol.